The lowest BCUT2D eigenvalue weighted by molar-refractivity contribution is 0.416. The number of thiazole rings is 1. The summed E-state index contributed by atoms with van der Waals surface area (Å²) in [5, 5.41) is 3.19. The summed E-state index contributed by atoms with van der Waals surface area (Å²) in [4.78, 5) is 8.78. The van der Waals surface area contributed by atoms with E-state index in [9.17, 15) is 0 Å². The second-order valence-electron chi connectivity index (χ2n) is 4.86. The zero-order valence-electron chi connectivity index (χ0n) is 12.0. The molecule has 0 radical (unpaired) electrons. The van der Waals surface area contributed by atoms with Gasteiger partial charge in [-0.2, -0.15) is 0 Å². The van der Waals surface area contributed by atoms with Gasteiger partial charge >= 0.3 is 0 Å². The molecular weight excluding hydrogens is 280 g/mol. The molecule has 0 fully saturated rings. The van der Waals surface area contributed by atoms with Gasteiger partial charge in [0.1, 0.15) is 5.75 Å². The lowest BCUT2D eigenvalue weighted by Gasteiger charge is -2.07. The minimum absolute atomic E-state index is 0.835. The largest absolute Gasteiger partial charge is 0.496 e. The highest BCUT2D eigenvalue weighted by Crippen LogP contribution is 2.32. The molecule has 0 N–H and O–H groups in total. The Bertz CT molecular complexity index is 738. The van der Waals surface area contributed by atoms with Crippen LogP contribution in [0.15, 0.2) is 48.1 Å². The number of benzene rings is 1. The van der Waals surface area contributed by atoms with Crippen LogP contribution in [0.25, 0.3) is 11.3 Å². The van der Waals surface area contributed by atoms with Gasteiger partial charge in [0.15, 0.2) is 0 Å². The molecule has 3 aromatic rings. The fraction of sp³-hybridized carbons (Fsp3) is 0.176. The molecule has 0 spiro atoms. The van der Waals surface area contributed by atoms with Crippen molar-refractivity contribution in [3.63, 3.8) is 0 Å². The van der Waals surface area contributed by atoms with Gasteiger partial charge in [-0.1, -0.05) is 11.6 Å². The number of aryl methyl sites for hydroxylation is 1. The van der Waals surface area contributed by atoms with Crippen LogP contribution in [0, 0.1) is 6.92 Å². The first-order valence-electron chi connectivity index (χ1n) is 6.74. The first-order valence-corrected chi connectivity index (χ1v) is 7.62. The van der Waals surface area contributed by atoms with Crippen molar-refractivity contribution in [1.82, 2.24) is 9.97 Å². The highest BCUT2D eigenvalue weighted by atomic mass is 32.1. The van der Waals surface area contributed by atoms with Crippen LogP contribution in [0.5, 0.6) is 5.75 Å². The Kier molecular flexibility index (Phi) is 3.97. The first-order chi connectivity index (χ1) is 10.3. The van der Waals surface area contributed by atoms with Gasteiger partial charge < -0.3 is 4.74 Å². The van der Waals surface area contributed by atoms with Crippen molar-refractivity contribution in [1.29, 1.82) is 0 Å². The number of nitrogens with zero attached hydrogens (tertiary/aromatic N) is 2. The molecule has 0 atom stereocenters. The van der Waals surface area contributed by atoms with Gasteiger partial charge in [0.25, 0.3) is 0 Å². The fourth-order valence-corrected chi connectivity index (χ4v) is 3.04. The smallest absolute Gasteiger partial charge is 0.128 e. The fourth-order valence-electron chi connectivity index (χ4n) is 2.21. The first kappa shape index (κ1) is 13.8. The van der Waals surface area contributed by atoms with Gasteiger partial charge in [-0.05, 0) is 36.8 Å². The van der Waals surface area contributed by atoms with E-state index >= 15 is 0 Å². The van der Waals surface area contributed by atoms with Crippen LogP contribution in [-0.2, 0) is 6.42 Å². The number of rotatable bonds is 4. The van der Waals surface area contributed by atoms with Crippen molar-refractivity contribution in [2.24, 2.45) is 0 Å². The Balaban J connectivity index is 1.90. The van der Waals surface area contributed by atoms with Gasteiger partial charge in [-0.25, -0.2) is 4.98 Å². The Morgan fingerprint density at radius 2 is 1.95 bits per heavy atom. The maximum Gasteiger partial charge on any atom is 0.128 e. The average Bonchev–Trinajstić information content (AvgIpc) is 2.96. The Hall–Kier alpha value is -2.20. The number of ether oxygens (including phenoxy) is 1. The van der Waals surface area contributed by atoms with Gasteiger partial charge in [-0.3, -0.25) is 4.98 Å². The lowest BCUT2D eigenvalue weighted by atomic mass is 10.1. The third-order valence-corrected chi connectivity index (χ3v) is 4.14. The molecule has 0 aliphatic rings. The van der Waals surface area contributed by atoms with Gasteiger partial charge in [0.2, 0.25) is 0 Å². The van der Waals surface area contributed by atoms with Crippen molar-refractivity contribution in [2.45, 2.75) is 13.3 Å². The molecule has 21 heavy (non-hydrogen) atoms. The summed E-state index contributed by atoms with van der Waals surface area (Å²) in [6.07, 6.45) is 4.46. The molecule has 1 aromatic carbocycles. The van der Waals surface area contributed by atoms with E-state index in [-0.39, 0.29) is 0 Å². The highest BCUT2D eigenvalue weighted by molar-refractivity contribution is 7.10. The van der Waals surface area contributed by atoms with E-state index in [1.54, 1.807) is 18.4 Å². The normalized spacial score (nSPS) is 10.6. The van der Waals surface area contributed by atoms with E-state index in [1.807, 2.05) is 36.7 Å². The van der Waals surface area contributed by atoms with E-state index in [1.165, 1.54) is 11.1 Å². The predicted molar refractivity (Wildman–Crippen MR) is 85.9 cm³/mol. The monoisotopic (exact) mass is 296 g/mol. The zero-order chi connectivity index (χ0) is 14.7. The third kappa shape index (κ3) is 3.11. The molecular formula is C17H16N2OS. The average molecular weight is 296 g/mol. The standard InChI is InChI=1S/C17H16N2OS/c1-12-3-4-16(20-2)14(9-12)15-11-21-17(19-15)10-13-5-7-18-8-6-13/h3-9,11H,10H2,1-2H3. The number of pyridine rings is 1. The lowest BCUT2D eigenvalue weighted by Crippen LogP contribution is -1.91. The van der Waals surface area contributed by atoms with Crippen molar-refractivity contribution in [2.75, 3.05) is 7.11 Å². The molecule has 3 nitrogen and oxygen atoms in total. The Morgan fingerprint density at radius 1 is 1.14 bits per heavy atom. The van der Waals surface area contributed by atoms with E-state index in [2.05, 4.69) is 23.4 Å². The van der Waals surface area contributed by atoms with E-state index in [0.717, 1.165) is 28.4 Å². The Morgan fingerprint density at radius 3 is 2.71 bits per heavy atom. The van der Waals surface area contributed by atoms with Gasteiger partial charge in [-0.15, -0.1) is 11.3 Å². The van der Waals surface area contributed by atoms with Crippen LogP contribution in [0.2, 0.25) is 0 Å². The maximum absolute atomic E-state index is 5.44. The van der Waals surface area contributed by atoms with Crippen LogP contribution in [-0.4, -0.2) is 17.1 Å². The number of hydrogen-bond donors (Lipinski definition) is 0. The summed E-state index contributed by atoms with van der Waals surface area (Å²) in [6.45, 7) is 2.08. The molecule has 3 rings (SSSR count). The summed E-state index contributed by atoms with van der Waals surface area (Å²) >= 11 is 1.68. The molecule has 4 heteroatoms. The molecule has 0 bridgehead atoms. The minimum Gasteiger partial charge on any atom is -0.496 e. The zero-order valence-corrected chi connectivity index (χ0v) is 12.9. The molecule has 106 valence electrons. The summed E-state index contributed by atoms with van der Waals surface area (Å²) < 4.78 is 5.44. The number of methoxy groups -OCH3 is 1. The van der Waals surface area contributed by atoms with Crippen LogP contribution >= 0.6 is 11.3 Å². The Labute approximate surface area is 128 Å². The minimum atomic E-state index is 0.835. The molecule has 2 aromatic heterocycles. The van der Waals surface area contributed by atoms with Crippen LogP contribution in [0.3, 0.4) is 0 Å². The molecule has 0 unspecified atom stereocenters. The second kappa shape index (κ2) is 6.06. The van der Waals surface area contributed by atoms with E-state index < -0.39 is 0 Å². The molecule has 2 heterocycles. The summed E-state index contributed by atoms with van der Waals surface area (Å²) in [7, 11) is 1.69. The van der Waals surface area contributed by atoms with Crippen molar-refractivity contribution >= 4 is 11.3 Å². The molecule has 0 saturated heterocycles. The van der Waals surface area contributed by atoms with Crippen molar-refractivity contribution < 1.29 is 4.74 Å². The quantitative estimate of drug-likeness (QED) is 0.726. The van der Waals surface area contributed by atoms with E-state index in [4.69, 9.17) is 9.72 Å². The molecule has 0 aliphatic heterocycles. The molecule has 0 saturated carbocycles. The molecule has 0 amide bonds. The van der Waals surface area contributed by atoms with Crippen LogP contribution < -0.4 is 4.74 Å². The predicted octanol–water partition coefficient (Wildman–Crippen LogP) is 4.11. The van der Waals surface area contributed by atoms with Crippen LogP contribution in [0.1, 0.15) is 16.1 Å². The van der Waals surface area contributed by atoms with Gasteiger partial charge in [0.05, 0.1) is 17.8 Å². The maximum atomic E-state index is 5.44. The molecule has 0 aliphatic carbocycles. The van der Waals surface area contributed by atoms with Crippen LogP contribution in [0.4, 0.5) is 0 Å². The second-order valence-corrected chi connectivity index (χ2v) is 5.81. The SMILES string of the molecule is COc1ccc(C)cc1-c1csc(Cc2ccncc2)n1. The van der Waals surface area contributed by atoms with E-state index in [0.29, 0.717) is 0 Å². The highest BCUT2D eigenvalue weighted by Gasteiger charge is 2.10. The summed E-state index contributed by atoms with van der Waals surface area (Å²) in [5.41, 5.74) is 4.45. The van der Waals surface area contributed by atoms with Gasteiger partial charge in [0, 0.05) is 29.8 Å². The summed E-state index contributed by atoms with van der Waals surface area (Å²) in [5.74, 6) is 0.862. The number of aromatic nitrogens is 2. The number of hydrogen-bond acceptors (Lipinski definition) is 4. The van der Waals surface area contributed by atoms with Crippen molar-refractivity contribution in [3.8, 4) is 17.0 Å². The van der Waals surface area contributed by atoms with Crippen molar-refractivity contribution in [3.05, 3.63) is 64.2 Å². The topological polar surface area (TPSA) is 35.0 Å². The summed E-state index contributed by atoms with van der Waals surface area (Å²) in [6, 6.07) is 10.2. The third-order valence-electron chi connectivity index (χ3n) is 3.29.